The number of esters is 2. The van der Waals surface area contributed by atoms with Crippen LogP contribution in [-0.2, 0) is 19.0 Å². The summed E-state index contributed by atoms with van der Waals surface area (Å²) >= 11 is 0. The van der Waals surface area contributed by atoms with E-state index in [2.05, 4.69) is 0 Å². The molecule has 2 bridgehead atoms. The van der Waals surface area contributed by atoms with E-state index in [1.54, 1.807) is 30.3 Å². The van der Waals surface area contributed by atoms with Crippen molar-refractivity contribution in [3.05, 3.63) is 35.9 Å². The van der Waals surface area contributed by atoms with E-state index in [0.717, 1.165) is 0 Å². The molecule has 0 amide bonds. The van der Waals surface area contributed by atoms with Crippen LogP contribution in [0.3, 0.4) is 0 Å². The van der Waals surface area contributed by atoms with Crippen LogP contribution in [-0.4, -0.2) is 47.6 Å². The minimum absolute atomic E-state index is 0.251. The van der Waals surface area contributed by atoms with Crippen LogP contribution in [0.4, 0.5) is 0 Å². The van der Waals surface area contributed by atoms with Gasteiger partial charge in [-0.3, -0.25) is 4.79 Å². The van der Waals surface area contributed by atoms with Gasteiger partial charge in [0.05, 0.1) is 11.2 Å². The second-order valence-corrected chi connectivity index (χ2v) is 7.21. The summed E-state index contributed by atoms with van der Waals surface area (Å²) < 4.78 is 16.7. The Morgan fingerprint density at radius 2 is 2.00 bits per heavy atom. The topological polar surface area (TPSA) is 82.1 Å². The van der Waals surface area contributed by atoms with Gasteiger partial charge in [0.2, 0.25) is 0 Å². The molecule has 0 radical (unpaired) electrons. The molecule has 0 spiro atoms. The summed E-state index contributed by atoms with van der Waals surface area (Å²) in [5, 5.41) is 11.0. The Bertz CT molecular complexity index is 717. The molecule has 1 heterocycles. The molecule has 4 rings (SSSR count). The third-order valence-corrected chi connectivity index (χ3v) is 6.34. The van der Waals surface area contributed by atoms with Crippen molar-refractivity contribution in [1.29, 1.82) is 0 Å². The van der Waals surface area contributed by atoms with E-state index in [9.17, 15) is 14.7 Å². The van der Waals surface area contributed by atoms with Crippen molar-refractivity contribution in [1.82, 2.24) is 0 Å². The third kappa shape index (κ3) is 1.49. The van der Waals surface area contributed by atoms with E-state index >= 15 is 0 Å². The van der Waals surface area contributed by atoms with Crippen molar-refractivity contribution in [2.24, 2.45) is 5.41 Å². The monoisotopic (exact) mass is 332 g/mol. The number of aliphatic hydroxyl groups is 1. The van der Waals surface area contributed by atoms with Crippen molar-refractivity contribution >= 4 is 11.9 Å². The van der Waals surface area contributed by atoms with Crippen molar-refractivity contribution in [2.45, 2.75) is 43.0 Å². The Morgan fingerprint density at radius 3 is 2.67 bits per heavy atom. The van der Waals surface area contributed by atoms with E-state index < -0.39 is 34.2 Å². The lowest BCUT2D eigenvalue weighted by molar-refractivity contribution is -0.342. The van der Waals surface area contributed by atoms with Crippen LogP contribution >= 0.6 is 0 Å². The standard InChI is InChI=1S/C18H20O6/c1-15-8-9-16(21)10-18(15,22-2)17(16,14(20)24-15)11-23-13(19)12-6-4-3-5-7-12/h3-7,21H,8-11H2,1-2H3. The van der Waals surface area contributed by atoms with Gasteiger partial charge in [-0.05, 0) is 31.9 Å². The summed E-state index contributed by atoms with van der Waals surface area (Å²) in [5.41, 5.74) is -3.98. The molecule has 6 heteroatoms. The Morgan fingerprint density at radius 1 is 1.29 bits per heavy atom. The lowest BCUT2D eigenvalue weighted by atomic mass is 9.39. The van der Waals surface area contributed by atoms with Gasteiger partial charge in [0.1, 0.15) is 17.8 Å². The van der Waals surface area contributed by atoms with Gasteiger partial charge >= 0.3 is 11.9 Å². The third-order valence-electron chi connectivity index (χ3n) is 6.34. The number of benzene rings is 1. The van der Waals surface area contributed by atoms with E-state index in [-0.39, 0.29) is 6.61 Å². The molecule has 1 aromatic carbocycles. The fraction of sp³-hybridized carbons (Fsp3) is 0.556. The van der Waals surface area contributed by atoms with E-state index in [1.165, 1.54) is 7.11 Å². The molecular weight excluding hydrogens is 312 g/mol. The molecule has 24 heavy (non-hydrogen) atoms. The molecule has 6 nitrogen and oxygen atoms in total. The highest BCUT2D eigenvalue weighted by Crippen LogP contribution is 2.74. The second-order valence-electron chi connectivity index (χ2n) is 7.21. The van der Waals surface area contributed by atoms with Gasteiger partial charge in [-0.15, -0.1) is 0 Å². The molecule has 3 aliphatic rings. The zero-order chi connectivity index (χ0) is 17.2. The summed E-state index contributed by atoms with van der Waals surface area (Å²) in [6, 6.07) is 8.54. The maximum absolute atomic E-state index is 12.7. The van der Waals surface area contributed by atoms with E-state index in [0.29, 0.717) is 24.8 Å². The molecule has 1 aliphatic heterocycles. The largest absolute Gasteiger partial charge is 0.461 e. The summed E-state index contributed by atoms with van der Waals surface area (Å²) in [6.07, 6.45) is 1.25. The number of hydrogen-bond donors (Lipinski definition) is 1. The van der Waals surface area contributed by atoms with Gasteiger partial charge in [0, 0.05) is 13.5 Å². The number of methoxy groups -OCH3 is 1. The fourth-order valence-corrected chi connectivity index (χ4v) is 4.95. The number of hydrogen-bond acceptors (Lipinski definition) is 6. The number of fused-ring (bicyclic) bond motifs is 2. The average molecular weight is 332 g/mol. The molecule has 1 N–H and O–H groups in total. The normalized spacial score (nSPS) is 42.2. The van der Waals surface area contributed by atoms with Crippen LogP contribution in [0.2, 0.25) is 0 Å². The Balaban J connectivity index is 1.66. The maximum Gasteiger partial charge on any atom is 0.338 e. The van der Waals surface area contributed by atoms with Crippen molar-refractivity contribution < 1.29 is 28.9 Å². The molecule has 1 aromatic rings. The van der Waals surface area contributed by atoms with Gasteiger partial charge < -0.3 is 19.3 Å². The minimum atomic E-state index is -1.35. The highest BCUT2D eigenvalue weighted by Gasteiger charge is 2.91. The predicted molar refractivity (Wildman–Crippen MR) is 82.2 cm³/mol. The first-order valence-corrected chi connectivity index (χ1v) is 8.07. The first-order chi connectivity index (χ1) is 11.3. The molecule has 1 saturated heterocycles. The molecule has 4 unspecified atom stereocenters. The van der Waals surface area contributed by atoms with Crippen molar-refractivity contribution in [3.63, 3.8) is 0 Å². The maximum atomic E-state index is 12.7. The Kier molecular flexibility index (Phi) is 2.98. The molecule has 0 aromatic heterocycles. The number of carbonyl (C=O) groups is 2. The second kappa shape index (κ2) is 4.58. The zero-order valence-corrected chi connectivity index (χ0v) is 13.7. The lowest BCUT2D eigenvalue weighted by Gasteiger charge is -2.67. The zero-order valence-electron chi connectivity index (χ0n) is 13.7. The fourth-order valence-electron chi connectivity index (χ4n) is 4.95. The summed E-state index contributed by atoms with van der Waals surface area (Å²) in [5.74, 6) is -1.08. The van der Waals surface area contributed by atoms with Gasteiger partial charge in [0.15, 0.2) is 5.41 Å². The van der Waals surface area contributed by atoms with Crippen LogP contribution in [0.1, 0.15) is 36.5 Å². The highest BCUT2D eigenvalue weighted by molar-refractivity contribution is 5.91. The van der Waals surface area contributed by atoms with Crippen LogP contribution in [0.5, 0.6) is 0 Å². The summed E-state index contributed by atoms with van der Waals surface area (Å²) in [6.45, 7) is 1.58. The van der Waals surface area contributed by atoms with Gasteiger partial charge in [-0.25, -0.2) is 4.79 Å². The Hall–Kier alpha value is -1.92. The predicted octanol–water partition coefficient (Wildman–Crippen LogP) is 1.46. The molecule has 3 fully saturated rings. The highest BCUT2D eigenvalue weighted by atomic mass is 16.6. The van der Waals surface area contributed by atoms with Gasteiger partial charge in [0.25, 0.3) is 0 Å². The first kappa shape index (κ1) is 15.6. The van der Waals surface area contributed by atoms with Crippen molar-refractivity contribution in [3.8, 4) is 0 Å². The van der Waals surface area contributed by atoms with Crippen molar-refractivity contribution in [2.75, 3.05) is 13.7 Å². The van der Waals surface area contributed by atoms with E-state index in [1.807, 2.05) is 6.92 Å². The van der Waals surface area contributed by atoms with Crippen LogP contribution in [0, 0.1) is 5.41 Å². The molecular formula is C18H20O6. The number of ether oxygens (including phenoxy) is 3. The first-order valence-electron chi connectivity index (χ1n) is 8.07. The van der Waals surface area contributed by atoms with Gasteiger partial charge in [-0.2, -0.15) is 0 Å². The number of rotatable bonds is 4. The van der Waals surface area contributed by atoms with Crippen LogP contribution in [0.25, 0.3) is 0 Å². The smallest absolute Gasteiger partial charge is 0.338 e. The lowest BCUT2D eigenvalue weighted by Crippen LogP contribution is -2.83. The number of carbonyl (C=O) groups excluding carboxylic acids is 2. The average Bonchev–Trinajstić information content (AvgIpc) is 2.68. The van der Waals surface area contributed by atoms with Crippen LogP contribution < -0.4 is 0 Å². The summed E-state index contributed by atoms with van der Waals surface area (Å²) in [7, 11) is 1.51. The molecule has 2 saturated carbocycles. The van der Waals surface area contributed by atoms with Crippen LogP contribution in [0.15, 0.2) is 30.3 Å². The minimum Gasteiger partial charge on any atom is -0.461 e. The van der Waals surface area contributed by atoms with Gasteiger partial charge in [-0.1, -0.05) is 18.2 Å². The molecule has 2 aliphatic carbocycles. The SMILES string of the molecule is COC12CC3(O)CCC1(C)OC(=O)C32COC(=O)c1ccccc1. The molecule has 128 valence electrons. The van der Waals surface area contributed by atoms with E-state index in [4.69, 9.17) is 14.2 Å². The Labute approximate surface area is 139 Å². The quantitative estimate of drug-likeness (QED) is 0.841. The molecule has 4 atom stereocenters. The summed E-state index contributed by atoms with van der Waals surface area (Å²) in [4.78, 5) is 25.0.